The average Bonchev–Trinajstić information content (AvgIpc) is 3.13. The van der Waals surface area contributed by atoms with Gasteiger partial charge in [0.25, 0.3) is 0 Å². The van der Waals surface area contributed by atoms with Gasteiger partial charge in [-0.15, -0.1) is 0 Å². The molecule has 1 amide bonds. The highest BCUT2D eigenvalue weighted by atomic mass is 16.5. The van der Waals surface area contributed by atoms with Crippen molar-refractivity contribution in [2.45, 2.75) is 225 Å². The highest BCUT2D eigenvalue weighted by Gasteiger charge is 2.18. The number of amides is 1. The summed E-state index contributed by atoms with van der Waals surface area (Å²) in [7, 11) is 0. The molecule has 0 aromatic rings. The van der Waals surface area contributed by atoms with Gasteiger partial charge < -0.3 is 20.3 Å². The highest BCUT2D eigenvalue weighted by molar-refractivity contribution is 5.76. The molecule has 0 heterocycles. The summed E-state index contributed by atoms with van der Waals surface area (Å²) in [6.07, 6.45) is 46.9. The fourth-order valence-electron chi connectivity index (χ4n) is 6.26. The molecule has 0 aliphatic rings. The van der Waals surface area contributed by atoms with E-state index in [1.807, 2.05) is 6.08 Å². The van der Waals surface area contributed by atoms with E-state index in [9.17, 15) is 19.8 Å². The maximum absolute atomic E-state index is 12.3. The molecule has 2 unspecified atom stereocenters. The van der Waals surface area contributed by atoms with Crippen molar-refractivity contribution < 1.29 is 24.5 Å². The Hall–Kier alpha value is -1.92. The first-order valence-electron chi connectivity index (χ1n) is 21.8. The van der Waals surface area contributed by atoms with Crippen LogP contribution in [0, 0.1) is 0 Å². The van der Waals surface area contributed by atoms with Gasteiger partial charge in [-0.3, -0.25) is 9.59 Å². The quantitative estimate of drug-likeness (QED) is 0.0334. The third-order valence-corrected chi connectivity index (χ3v) is 9.64. The molecule has 0 rings (SSSR count). The number of aliphatic hydroxyl groups is 2. The molecule has 0 radical (unpaired) electrons. The van der Waals surface area contributed by atoms with Crippen LogP contribution in [0.15, 0.2) is 36.5 Å². The smallest absolute Gasteiger partial charge is 0.305 e. The molecule has 0 aromatic heterocycles. The van der Waals surface area contributed by atoms with Crippen molar-refractivity contribution in [1.29, 1.82) is 0 Å². The lowest BCUT2D eigenvalue weighted by Crippen LogP contribution is -2.45. The van der Waals surface area contributed by atoms with Crippen LogP contribution in [-0.4, -0.2) is 47.4 Å². The minimum Gasteiger partial charge on any atom is -0.466 e. The maximum atomic E-state index is 12.3. The zero-order valence-electron chi connectivity index (χ0n) is 33.6. The van der Waals surface area contributed by atoms with Crippen molar-refractivity contribution in [2.75, 3.05) is 13.2 Å². The molecule has 0 aliphatic heterocycles. The van der Waals surface area contributed by atoms with E-state index in [0.29, 0.717) is 19.4 Å². The van der Waals surface area contributed by atoms with Gasteiger partial charge in [0.05, 0.1) is 25.4 Å². The topological polar surface area (TPSA) is 95.9 Å². The van der Waals surface area contributed by atoms with E-state index in [2.05, 4.69) is 43.5 Å². The molecule has 6 nitrogen and oxygen atoms in total. The lowest BCUT2D eigenvalue weighted by Gasteiger charge is -2.20. The van der Waals surface area contributed by atoms with Gasteiger partial charge >= 0.3 is 5.97 Å². The minimum absolute atomic E-state index is 0.0323. The number of nitrogens with one attached hydrogen (secondary N) is 1. The third kappa shape index (κ3) is 37.6. The van der Waals surface area contributed by atoms with Crippen LogP contribution in [0.5, 0.6) is 0 Å². The van der Waals surface area contributed by atoms with Crippen molar-refractivity contribution in [3.8, 4) is 0 Å². The van der Waals surface area contributed by atoms with Gasteiger partial charge in [-0.25, -0.2) is 0 Å². The lowest BCUT2D eigenvalue weighted by molar-refractivity contribution is -0.143. The minimum atomic E-state index is -0.855. The number of carbonyl (C=O) groups excluding carboxylic acids is 2. The molecule has 0 aliphatic carbocycles. The summed E-state index contributed by atoms with van der Waals surface area (Å²) in [6, 6.07) is -0.640. The SMILES string of the molecule is CCC/C=C\C/C=C\CCCCCCCC(=O)OCCCCCCCCCCCCCC(=O)NC(CO)C(O)/C=C/CCCCCCCCCC. The van der Waals surface area contributed by atoms with E-state index in [-0.39, 0.29) is 18.5 Å². The summed E-state index contributed by atoms with van der Waals surface area (Å²) >= 11 is 0. The normalized spacial score (nSPS) is 13.1. The summed E-state index contributed by atoms with van der Waals surface area (Å²) in [5, 5.41) is 22.9. The Balaban J connectivity index is 3.52. The Labute approximate surface area is 315 Å². The van der Waals surface area contributed by atoms with E-state index in [1.54, 1.807) is 6.08 Å². The number of carbonyl (C=O) groups is 2. The van der Waals surface area contributed by atoms with Crippen molar-refractivity contribution in [1.82, 2.24) is 5.32 Å². The van der Waals surface area contributed by atoms with Crippen molar-refractivity contribution >= 4 is 11.9 Å². The molecule has 0 saturated heterocycles. The standard InChI is InChI=1S/C45H83NO5/c1-3-5-7-9-11-13-15-16-19-23-27-31-35-39-45(50)51-40-36-32-28-24-20-17-18-22-26-30-34-38-44(49)46-42(41-47)43(48)37-33-29-25-21-14-12-10-8-6-4-2/h7,9,13,15,33,37,42-43,47-48H,3-6,8,10-12,14,16-32,34-36,38-41H2,1-2H3,(H,46,49)/b9-7-,15-13-,37-33+. The van der Waals surface area contributed by atoms with Gasteiger partial charge in [-0.2, -0.15) is 0 Å². The van der Waals surface area contributed by atoms with Crippen molar-refractivity contribution in [3.05, 3.63) is 36.5 Å². The zero-order valence-corrected chi connectivity index (χ0v) is 33.6. The Kier molecular flexibility index (Phi) is 39.3. The molecular weight excluding hydrogens is 634 g/mol. The second kappa shape index (κ2) is 40.8. The second-order valence-corrected chi connectivity index (χ2v) is 14.7. The summed E-state index contributed by atoms with van der Waals surface area (Å²) < 4.78 is 5.42. The molecule has 0 fully saturated rings. The molecule has 298 valence electrons. The molecule has 0 spiro atoms. The molecule has 0 bridgehead atoms. The van der Waals surface area contributed by atoms with E-state index < -0.39 is 12.1 Å². The molecule has 0 aromatic carbocycles. The van der Waals surface area contributed by atoms with Crippen LogP contribution in [-0.2, 0) is 14.3 Å². The van der Waals surface area contributed by atoms with E-state index in [1.165, 1.54) is 116 Å². The van der Waals surface area contributed by atoms with Crippen molar-refractivity contribution in [3.63, 3.8) is 0 Å². The first-order chi connectivity index (χ1) is 25.0. The first kappa shape index (κ1) is 49.1. The maximum Gasteiger partial charge on any atom is 0.305 e. The molecular formula is C45H83NO5. The van der Waals surface area contributed by atoms with Crippen LogP contribution in [0.3, 0.4) is 0 Å². The predicted molar refractivity (Wildman–Crippen MR) is 218 cm³/mol. The van der Waals surface area contributed by atoms with Crippen LogP contribution < -0.4 is 5.32 Å². The van der Waals surface area contributed by atoms with Crippen LogP contribution in [0.25, 0.3) is 0 Å². The molecule has 6 heteroatoms. The Bertz CT molecular complexity index is 838. The van der Waals surface area contributed by atoms with Crippen molar-refractivity contribution in [2.24, 2.45) is 0 Å². The van der Waals surface area contributed by atoms with Gasteiger partial charge in [-0.1, -0.05) is 179 Å². The van der Waals surface area contributed by atoms with E-state index >= 15 is 0 Å². The Morgan fingerprint density at radius 3 is 1.57 bits per heavy atom. The summed E-state index contributed by atoms with van der Waals surface area (Å²) in [4.78, 5) is 24.3. The van der Waals surface area contributed by atoms with E-state index in [0.717, 1.165) is 70.6 Å². The number of ether oxygens (including phenoxy) is 1. The average molecular weight is 718 g/mol. The molecule has 2 atom stereocenters. The molecule has 51 heavy (non-hydrogen) atoms. The summed E-state index contributed by atoms with van der Waals surface area (Å²) in [5.41, 5.74) is 0. The number of unbranched alkanes of at least 4 members (excludes halogenated alkanes) is 24. The Morgan fingerprint density at radius 2 is 1.02 bits per heavy atom. The van der Waals surface area contributed by atoms with Crippen LogP contribution in [0.4, 0.5) is 0 Å². The third-order valence-electron chi connectivity index (χ3n) is 9.64. The van der Waals surface area contributed by atoms with Crippen LogP contribution in [0.2, 0.25) is 0 Å². The molecule has 0 saturated carbocycles. The fourth-order valence-corrected chi connectivity index (χ4v) is 6.26. The summed E-state index contributed by atoms with van der Waals surface area (Å²) in [5.74, 6) is -0.124. The monoisotopic (exact) mass is 718 g/mol. The number of esters is 1. The van der Waals surface area contributed by atoms with Gasteiger partial charge in [0.2, 0.25) is 5.91 Å². The fraction of sp³-hybridized carbons (Fsp3) is 0.822. The van der Waals surface area contributed by atoms with Crippen LogP contribution >= 0.6 is 0 Å². The van der Waals surface area contributed by atoms with E-state index in [4.69, 9.17) is 4.74 Å². The number of rotatable bonds is 39. The molecule has 3 N–H and O–H groups in total. The first-order valence-corrected chi connectivity index (χ1v) is 21.8. The predicted octanol–water partition coefficient (Wildman–Crippen LogP) is 12.2. The van der Waals surface area contributed by atoms with Gasteiger partial charge in [-0.05, 0) is 57.8 Å². The van der Waals surface area contributed by atoms with Gasteiger partial charge in [0, 0.05) is 12.8 Å². The Morgan fingerprint density at radius 1 is 0.549 bits per heavy atom. The number of aliphatic hydroxyl groups excluding tert-OH is 2. The second-order valence-electron chi connectivity index (χ2n) is 14.7. The number of allylic oxidation sites excluding steroid dienone is 5. The number of hydrogen-bond acceptors (Lipinski definition) is 5. The zero-order chi connectivity index (χ0) is 37.3. The highest BCUT2D eigenvalue weighted by Crippen LogP contribution is 2.14. The largest absolute Gasteiger partial charge is 0.466 e. The van der Waals surface area contributed by atoms with Crippen LogP contribution in [0.1, 0.15) is 213 Å². The van der Waals surface area contributed by atoms with Gasteiger partial charge in [0.1, 0.15) is 0 Å². The number of hydrogen-bond donors (Lipinski definition) is 3. The lowest BCUT2D eigenvalue weighted by atomic mass is 10.0. The van der Waals surface area contributed by atoms with Gasteiger partial charge in [0.15, 0.2) is 0 Å². The summed E-state index contributed by atoms with van der Waals surface area (Å²) in [6.45, 7) is 4.75.